The van der Waals surface area contributed by atoms with Gasteiger partial charge in [0.25, 0.3) is 0 Å². The highest BCUT2D eigenvalue weighted by molar-refractivity contribution is 7.64. The zero-order valence-corrected chi connectivity index (χ0v) is 30.3. The first-order valence-corrected chi connectivity index (χ1v) is 23.2. The number of unbranched alkanes of at least 4 members (excludes halogenated alkanes) is 15. The third kappa shape index (κ3) is 17.7. The molecule has 0 radical (unpaired) electrons. The van der Waals surface area contributed by atoms with E-state index in [0.717, 1.165) is 19.3 Å². The van der Waals surface area contributed by atoms with E-state index < -0.39 is 30.9 Å². The van der Waals surface area contributed by atoms with Crippen LogP contribution in [0.25, 0.3) is 0 Å². The van der Waals surface area contributed by atoms with Crippen LogP contribution in [0.1, 0.15) is 110 Å². The molecule has 0 spiro atoms. The van der Waals surface area contributed by atoms with Gasteiger partial charge in [0, 0.05) is 60.0 Å². The summed E-state index contributed by atoms with van der Waals surface area (Å²) < 4.78 is 71.5. The Bertz CT molecular complexity index is 676. The highest BCUT2D eigenvalue weighted by Gasteiger charge is 2.50. The first kappa shape index (κ1) is 40.7. The summed E-state index contributed by atoms with van der Waals surface area (Å²) in [6, 6.07) is 0.607. The average Bonchev–Trinajstić information content (AvgIpc) is 2.96. The van der Waals surface area contributed by atoms with E-state index in [0.29, 0.717) is 6.04 Å². The summed E-state index contributed by atoms with van der Waals surface area (Å²) in [6.45, 7) is 2.26. The van der Waals surface area contributed by atoms with Crippen molar-refractivity contribution in [3.63, 3.8) is 0 Å². The number of hydrogen-bond acceptors (Lipinski definition) is 9. The molecule has 40 heavy (non-hydrogen) atoms. The molecule has 0 aliphatic rings. The van der Waals surface area contributed by atoms with Gasteiger partial charge in [-0.1, -0.05) is 116 Å². The van der Waals surface area contributed by atoms with Gasteiger partial charge in [0.2, 0.25) is 0 Å². The van der Waals surface area contributed by atoms with Crippen LogP contribution < -0.4 is 0 Å². The van der Waals surface area contributed by atoms with Crippen LogP contribution >= 0.6 is 22.8 Å². The molecule has 0 saturated carbocycles. The van der Waals surface area contributed by atoms with Gasteiger partial charge in [-0.15, -0.1) is 0 Å². The van der Waals surface area contributed by atoms with E-state index >= 15 is 0 Å². The topological polar surface area (TPSA) is 107 Å². The Balaban J connectivity index is 4.89. The Hall–Kier alpha value is 0.667. The lowest BCUT2D eigenvalue weighted by molar-refractivity contribution is 0.277. The van der Waals surface area contributed by atoms with Gasteiger partial charge in [0.1, 0.15) is 0 Å². The molecule has 0 N–H and O–H groups in total. The van der Waals surface area contributed by atoms with Crippen LogP contribution in [0.4, 0.5) is 0 Å². The highest BCUT2D eigenvalue weighted by atomic mass is 31.2. The molecule has 0 unspecified atom stereocenters. The SMILES string of the molecule is CCCCCCCCCCCCCCCCCC[Si](CP(=O)(OC)OC)(CP(=O)(OC)OC)CP(=O)(OC)OC. The lowest BCUT2D eigenvalue weighted by Crippen LogP contribution is -2.48. The minimum atomic E-state index is -3.51. The molecule has 0 aliphatic carbocycles. The molecule has 0 aromatic rings. The zero-order valence-electron chi connectivity index (χ0n) is 26.7. The average molecular weight is 651 g/mol. The molecule has 0 saturated heterocycles. The molecule has 13 heteroatoms. The summed E-state index contributed by atoms with van der Waals surface area (Å²) in [4.78, 5) is 0. The van der Waals surface area contributed by atoms with Gasteiger partial charge in [-0.3, -0.25) is 13.7 Å². The molecule has 0 rings (SSSR count). The molecule has 0 bridgehead atoms. The molecule has 0 aliphatic heterocycles. The molecule has 0 heterocycles. The Morgan fingerprint density at radius 3 is 0.850 bits per heavy atom. The standard InChI is InChI=1S/C27H61O9P3Si/c1-8-9-10-11-12-13-14-15-16-17-18-19-20-21-22-23-24-40(25-37(28,31-2)32-3,26-38(29,33-4)34-5)27-39(30,35-6)36-7/h8-27H2,1-7H3. The second kappa shape index (κ2) is 23.1. The minimum absolute atomic E-state index is 0.0269. The normalized spacial score (nSPS) is 13.3. The smallest absolute Gasteiger partial charge is 0.312 e. The van der Waals surface area contributed by atoms with Gasteiger partial charge in [0.05, 0.1) is 8.07 Å². The van der Waals surface area contributed by atoms with Gasteiger partial charge < -0.3 is 27.1 Å². The van der Waals surface area contributed by atoms with Crippen molar-refractivity contribution in [2.24, 2.45) is 0 Å². The predicted octanol–water partition coefficient (Wildman–Crippen LogP) is 9.77. The van der Waals surface area contributed by atoms with E-state index in [4.69, 9.17) is 27.1 Å². The molecule has 0 amide bonds. The van der Waals surface area contributed by atoms with Crippen molar-refractivity contribution in [1.82, 2.24) is 0 Å². The van der Waals surface area contributed by atoms with Crippen molar-refractivity contribution in [2.45, 2.75) is 116 Å². The zero-order chi connectivity index (χ0) is 30.4. The van der Waals surface area contributed by atoms with Crippen LogP contribution in [0, 0.1) is 0 Å². The van der Waals surface area contributed by atoms with Crippen LogP contribution in [0.15, 0.2) is 0 Å². The predicted molar refractivity (Wildman–Crippen MR) is 170 cm³/mol. The van der Waals surface area contributed by atoms with E-state index in [2.05, 4.69) is 6.92 Å². The van der Waals surface area contributed by atoms with Crippen molar-refractivity contribution in [3.05, 3.63) is 0 Å². The number of rotatable bonds is 29. The fraction of sp³-hybridized carbons (Fsp3) is 1.00. The van der Waals surface area contributed by atoms with E-state index in [1.54, 1.807) is 0 Å². The number of hydrogen-bond donors (Lipinski definition) is 0. The van der Waals surface area contributed by atoms with Crippen molar-refractivity contribution < 1.29 is 40.8 Å². The molecular weight excluding hydrogens is 589 g/mol. The largest absolute Gasteiger partial charge is 0.327 e. The van der Waals surface area contributed by atoms with Crippen molar-refractivity contribution in [2.75, 3.05) is 60.0 Å². The molecule has 242 valence electrons. The Labute approximate surface area is 247 Å². The minimum Gasteiger partial charge on any atom is -0.312 e. The second-order valence-corrected chi connectivity index (χ2v) is 24.1. The lowest BCUT2D eigenvalue weighted by atomic mass is 10.0. The van der Waals surface area contributed by atoms with E-state index in [9.17, 15) is 13.7 Å². The fourth-order valence-electron chi connectivity index (χ4n) is 5.28. The van der Waals surface area contributed by atoms with E-state index in [-0.39, 0.29) is 17.4 Å². The van der Waals surface area contributed by atoms with Gasteiger partial charge in [0.15, 0.2) is 0 Å². The van der Waals surface area contributed by atoms with Crippen LogP contribution in [0.5, 0.6) is 0 Å². The molecular formula is C27H61O9P3Si. The third-order valence-electron chi connectivity index (χ3n) is 7.82. The summed E-state index contributed by atoms with van der Waals surface area (Å²) >= 11 is 0. The maximum atomic E-state index is 13.3. The summed E-state index contributed by atoms with van der Waals surface area (Å²) in [6.07, 6.45) is 20.2. The molecule has 0 atom stereocenters. The summed E-state index contributed by atoms with van der Waals surface area (Å²) in [5.41, 5.74) is 0. The maximum absolute atomic E-state index is 13.3. The van der Waals surface area contributed by atoms with Gasteiger partial charge >= 0.3 is 22.8 Å². The molecule has 0 aromatic carbocycles. The van der Waals surface area contributed by atoms with Crippen molar-refractivity contribution in [3.8, 4) is 0 Å². The van der Waals surface area contributed by atoms with Gasteiger partial charge in [-0.25, -0.2) is 0 Å². The highest BCUT2D eigenvalue weighted by Crippen LogP contribution is 2.59. The van der Waals surface area contributed by atoms with Crippen LogP contribution in [-0.4, -0.2) is 68.1 Å². The van der Waals surface area contributed by atoms with Crippen LogP contribution in [0.2, 0.25) is 6.04 Å². The van der Waals surface area contributed by atoms with Crippen molar-refractivity contribution in [1.29, 1.82) is 0 Å². The Kier molecular flexibility index (Phi) is 23.5. The summed E-state index contributed by atoms with van der Waals surface area (Å²) in [7, 11) is -5.53. The van der Waals surface area contributed by atoms with Gasteiger partial charge in [-0.2, -0.15) is 0 Å². The maximum Gasteiger partial charge on any atom is 0.327 e. The fourth-order valence-corrected chi connectivity index (χ4v) is 25.5. The van der Waals surface area contributed by atoms with Crippen molar-refractivity contribution >= 4 is 30.9 Å². The Morgan fingerprint density at radius 2 is 0.625 bits per heavy atom. The van der Waals surface area contributed by atoms with E-state index in [1.807, 2.05) is 0 Å². The summed E-state index contributed by atoms with van der Waals surface area (Å²) in [5, 5.41) is 0. The molecule has 0 fully saturated rings. The first-order valence-electron chi connectivity index (χ1n) is 15.2. The van der Waals surface area contributed by atoms with Crippen LogP contribution in [0.3, 0.4) is 0 Å². The van der Waals surface area contributed by atoms with Crippen LogP contribution in [-0.2, 0) is 40.8 Å². The van der Waals surface area contributed by atoms with Gasteiger partial charge in [-0.05, 0) is 0 Å². The lowest BCUT2D eigenvalue weighted by Gasteiger charge is -2.36. The van der Waals surface area contributed by atoms with E-state index in [1.165, 1.54) is 126 Å². The molecule has 9 nitrogen and oxygen atoms in total. The first-order chi connectivity index (χ1) is 19.0. The second-order valence-electron chi connectivity index (χ2n) is 11.0. The Morgan fingerprint density at radius 1 is 0.400 bits per heavy atom. The monoisotopic (exact) mass is 650 g/mol. The molecule has 0 aromatic heterocycles. The summed E-state index contributed by atoms with van der Waals surface area (Å²) in [5.74, 6) is 0.0808. The third-order valence-corrected chi connectivity index (χ3v) is 25.3. The quantitative estimate of drug-likeness (QED) is 0.0444.